The van der Waals surface area contributed by atoms with Crippen LogP contribution in [0.3, 0.4) is 0 Å². The van der Waals surface area contributed by atoms with Crippen LogP contribution in [0.25, 0.3) is 0 Å². The monoisotopic (exact) mass is 418 g/mol. The maximum Gasteiger partial charge on any atom is 0.347 e. The van der Waals surface area contributed by atoms with Crippen molar-refractivity contribution < 1.29 is 28.6 Å². The van der Waals surface area contributed by atoms with Crippen LogP contribution in [0.4, 0.5) is 0 Å². The van der Waals surface area contributed by atoms with E-state index in [4.69, 9.17) is 14.2 Å². The smallest absolute Gasteiger partial charge is 0.347 e. The van der Waals surface area contributed by atoms with Gasteiger partial charge in [0.15, 0.2) is 6.10 Å². The Morgan fingerprint density at radius 3 is 2.60 bits per heavy atom. The van der Waals surface area contributed by atoms with Crippen molar-refractivity contribution in [1.82, 2.24) is 0 Å². The van der Waals surface area contributed by atoms with Crippen molar-refractivity contribution in [3.8, 4) is 0 Å². The zero-order valence-electron chi connectivity index (χ0n) is 15.0. The Balaban J connectivity index is 2.01. The van der Waals surface area contributed by atoms with Gasteiger partial charge in [-0.2, -0.15) is 0 Å². The fourth-order valence-corrected chi connectivity index (χ4v) is 3.67. The highest BCUT2D eigenvalue weighted by atomic mass is 79.9. The molecule has 2 rings (SSSR count). The van der Waals surface area contributed by atoms with Gasteiger partial charge in [0, 0.05) is 6.42 Å². The summed E-state index contributed by atoms with van der Waals surface area (Å²) in [5.74, 6) is -0.733. The molecule has 0 spiro atoms. The van der Waals surface area contributed by atoms with Crippen molar-refractivity contribution in [3.05, 3.63) is 0 Å². The molecule has 7 heteroatoms. The molecule has 2 fully saturated rings. The quantitative estimate of drug-likeness (QED) is 0.374. The molecule has 0 aromatic rings. The third-order valence-corrected chi connectivity index (χ3v) is 6.02. The first-order chi connectivity index (χ1) is 11.8. The molecule has 0 aromatic carbocycles. The largest absolute Gasteiger partial charge is 0.458 e. The molecule has 1 aliphatic heterocycles. The van der Waals surface area contributed by atoms with Crippen LogP contribution in [0.2, 0.25) is 0 Å². The molecule has 0 radical (unpaired) electrons. The van der Waals surface area contributed by atoms with E-state index in [1.807, 2.05) is 13.8 Å². The first-order valence-corrected chi connectivity index (χ1v) is 10.0. The third-order valence-electron chi connectivity index (χ3n) is 5.00. The number of alkyl halides is 1. The van der Waals surface area contributed by atoms with E-state index in [1.54, 1.807) is 6.92 Å². The van der Waals surface area contributed by atoms with Crippen LogP contribution in [0.15, 0.2) is 0 Å². The number of halogens is 1. The van der Waals surface area contributed by atoms with Gasteiger partial charge in [-0.1, -0.05) is 36.7 Å². The molecule has 1 saturated heterocycles. The molecule has 0 amide bonds. The lowest BCUT2D eigenvalue weighted by Gasteiger charge is -2.37. The summed E-state index contributed by atoms with van der Waals surface area (Å²) in [6, 6.07) is 0. The van der Waals surface area contributed by atoms with Crippen molar-refractivity contribution >= 4 is 33.8 Å². The first-order valence-electron chi connectivity index (χ1n) is 9.10. The number of fused-ring (bicyclic) bond motifs is 2. The summed E-state index contributed by atoms with van der Waals surface area (Å²) in [5.41, 5.74) is 0. The van der Waals surface area contributed by atoms with Crippen molar-refractivity contribution in [2.75, 3.05) is 0 Å². The average molecular weight is 419 g/mol. The van der Waals surface area contributed by atoms with E-state index < -0.39 is 35.1 Å². The minimum absolute atomic E-state index is 0.103. The van der Waals surface area contributed by atoms with E-state index in [1.165, 1.54) is 0 Å². The van der Waals surface area contributed by atoms with Crippen LogP contribution in [0.1, 0.15) is 59.3 Å². The van der Waals surface area contributed by atoms with Gasteiger partial charge in [-0.15, -0.1) is 0 Å². The minimum atomic E-state index is -0.939. The maximum absolute atomic E-state index is 12.5. The third kappa shape index (κ3) is 5.19. The van der Waals surface area contributed by atoms with Gasteiger partial charge in [0.05, 0.1) is 0 Å². The van der Waals surface area contributed by atoms with Gasteiger partial charge in [0.1, 0.15) is 17.0 Å². The Kier molecular flexibility index (Phi) is 7.28. The SMILES string of the molecule is CCC(Br)C(=O)OC(CC)C(=O)OC1C(C)CC2CCC(=O)OC1C2. The summed E-state index contributed by atoms with van der Waals surface area (Å²) in [4.78, 5) is 35.8. The Morgan fingerprint density at radius 2 is 1.96 bits per heavy atom. The standard InChI is InChI=1S/C18H27BrO6/c1-4-12(19)17(21)24-13(5-2)18(22)25-16-10(3)8-11-6-7-15(20)23-14(16)9-11/h10-14,16H,4-9H2,1-3H3. The normalized spacial score (nSPS) is 31.3. The van der Waals surface area contributed by atoms with E-state index in [-0.39, 0.29) is 11.9 Å². The van der Waals surface area contributed by atoms with Crippen LogP contribution in [-0.2, 0) is 28.6 Å². The molecule has 6 atom stereocenters. The average Bonchev–Trinajstić information content (AvgIpc) is 2.74. The van der Waals surface area contributed by atoms with Gasteiger partial charge >= 0.3 is 17.9 Å². The lowest BCUT2D eigenvalue weighted by molar-refractivity contribution is -0.186. The van der Waals surface area contributed by atoms with Crippen LogP contribution < -0.4 is 0 Å². The molecule has 25 heavy (non-hydrogen) atoms. The minimum Gasteiger partial charge on any atom is -0.458 e. The highest BCUT2D eigenvalue weighted by molar-refractivity contribution is 9.10. The summed E-state index contributed by atoms with van der Waals surface area (Å²) in [6.45, 7) is 5.62. The molecule has 0 aromatic heterocycles. The number of hydrogen-bond donors (Lipinski definition) is 0. The number of ether oxygens (including phenoxy) is 3. The number of carbonyl (C=O) groups excluding carboxylic acids is 3. The fraction of sp³-hybridized carbons (Fsp3) is 0.833. The van der Waals surface area contributed by atoms with Gasteiger partial charge in [-0.25, -0.2) is 4.79 Å². The second-order valence-electron chi connectivity index (χ2n) is 6.99. The Hall–Kier alpha value is -1.11. The number of esters is 3. The van der Waals surface area contributed by atoms with Crippen molar-refractivity contribution in [1.29, 1.82) is 0 Å². The van der Waals surface area contributed by atoms with Crippen LogP contribution in [0.5, 0.6) is 0 Å². The molecule has 6 unspecified atom stereocenters. The van der Waals surface area contributed by atoms with Gasteiger partial charge in [0.25, 0.3) is 0 Å². The zero-order chi connectivity index (χ0) is 18.6. The Morgan fingerprint density at radius 1 is 1.24 bits per heavy atom. The van der Waals surface area contributed by atoms with E-state index in [0.717, 1.165) is 19.3 Å². The highest BCUT2D eigenvalue weighted by Crippen LogP contribution is 2.38. The summed E-state index contributed by atoms with van der Waals surface area (Å²) in [5, 5.41) is 0. The van der Waals surface area contributed by atoms with Crippen molar-refractivity contribution in [3.63, 3.8) is 0 Å². The topological polar surface area (TPSA) is 78.9 Å². The second-order valence-corrected chi connectivity index (χ2v) is 8.10. The van der Waals surface area contributed by atoms with Crippen molar-refractivity contribution in [2.45, 2.75) is 82.4 Å². The second kappa shape index (κ2) is 9.01. The van der Waals surface area contributed by atoms with Gasteiger partial charge in [0.2, 0.25) is 0 Å². The summed E-state index contributed by atoms with van der Waals surface area (Å²) >= 11 is 3.22. The number of carbonyl (C=O) groups is 3. The summed E-state index contributed by atoms with van der Waals surface area (Å²) < 4.78 is 16.4. The molecular weight excluding hydrogens is 392 g/mol. The lowest BCUT2D eigenvalue weighted by atomic mass is 9.77. The van der Waals surface area contributed by atoms with Gasteiger partial charge in [-0.05, 0) is 43.9 Å². The molecule has 6 nitrogen and oxygen atoms in total. The summed E-state index contributed by atoms with van der Waals surface area (Å²) in [6.07, 6.45) is 1.97. The fourth-order valence-electron chi connectivity index (χ4n) is 3.57. The molecular formula is C18H27BrO6. The number of rotatable bonds is 6. The molecule has 0 N–H and O–H groups in total. The molecule has 2 bridgehead atoms. The van der Waals surface area contributed by atoms with E-state index in [0.29, 0.717) is 25.2 Å². The first kappa shape index (κ1) is 20.2. The number of hydrogen-bond acceptors (Lipinski definition) is 6. The van der Waals surface area contributed by atoms with Gasteiger partial charge in [-0.3, -0.25) is 9.59 Å². The highest BCUT2D eigenvalue weighted by Gasteiger charge is 2.43. The lowest BCUT2D eigenvalue weighted by Crippen LogP contribution is -2.46. The molecule has 1 heterocycles. The molecule has 1 saturated carbocycles. The van der Waals surface area contributed by atoms with Crippen LogP contribution in [-0.4, -0.2) is 41.0 Å². The molecule has 2 aliphatic rings. The van der Waals surface area contributed by atoms with Crippen LogP contribution in [0, 0.1) is 11.8 Å². The van der Waals surface area contributed by atoms with Gasteiger partial charge < -0.3 is 14.2 Å². The predicted octanol–water partition coefficient (Wildman–Crippen LogP) is 3.15. The van der Waals surface area contributed by atoms with Crippen molar-refractivity contribution in [2.24, 2.45) is 11.8 Å². The van der Waals surface area contributed by atoms with E-state index >= 15 is 0 Å². The predicted molar refractivity (Wildman–Crippen MR) is 94.1 cm³/mol. The Bertz CT molecular complexity index is 508. The Labute approximate surface area is 157 Å². The van der Waals surface area contributed by atoms with Crippen LogP contribution >= 0.6 is 15.9 Å². The van der Waals surface area contributed by atoms with E-state index in [9.17, 15) is 14.4 Å². The molecule has 142 valence electrons. The zero-order valence-corrected chi connectivity index (χ0v) is 16.6. The maximum atomic E-state index is 12.5. The summed E-state index contributed by atoms with van der Waals surface area (Å²) in [7, 11) is 0. The van der Waals surface area contributed by atoms with E-state index in [2.05, 4.69) is 15.9 Å². The molecule has 1 aliphatic carbocycles.